The molecule has 0 aromatic carbocycles. The van der Waals surface area contributed by atoms with Crippen LogP contribution >= 0.6 is 34.8 Å². The fourth-order valence-corrected chi connectivity index (χ4v) is 6.74. The molecule has 0 bridgehead atoms. The first-order valence-corrected chi connectivity index (χ1v) is 13.5. The topological polar surface area (TPSA) is 267 Å². The van der Waals surface area contributed by atoms with E-state index in [0.717, 1.165) is 17.7 Å². The summed E-state index contributed by atoms with van der Waals surface area (Å²) in [5.41, 5.74) is 9.41. The van der Waals surface area contributed by atoms with E-state index in [1.807, 2.05) is 0 Å². The van der Waals surface area contributed by atoms with Gasteiger partial charge in [0.15, 0.2) is 11.9 Å². The molecule has 0 spiro atoms. The Morgan fingerprint density at radius 2 is 1.84 bits per heavy atom. The molecule has 32 heavy (non-hydrogen) atoms. The SMILES string of the molecule is Nc1ncnc2c([C@@H]3O[C@](N)(COP(=O)(O)OP(=O)(O)OP(=O)(O)O)[C@@H](O)[C@H]3F)csc12. The second kappa shape index (κ2) is 8.69. The maximum Gasteiger partial charge on any atom is 0.490 e. The van der Waals surface area contributed by atoms with Gasteiger partial charge >= 0.3 is 23.5 Å². The lowest BCUT2D eigenvalue weighted by molar-refractivity contribution is -0.106. The molecule has 9 N–H and O–H groups in total. The van der Waals surface area contributed by atoms with E-state index >= 15 is 0 Å². The third kappa shape index (κ3) is 5.58. The highest BCUT2D eigenvalue weighted by atomic mass is 32.1. The molecule has 2 aromatic rings. The molecule has 1 aliphatic heterocycles. The lowest BCUT2D eigenvalue weighted by Gasteiger charge is -2.27. The zero-order valence-electron chi connectivity index (χ0n) is 15.4. The number of rotatable bonds is 8. The number of fused-ring (bicyclic) bond motifs is 1. The Kier molecular flexibility index (Phi) is 6.97. The average Bonchev–Trinajstić information content (AvgIpc) is 3.14. The fourth-order valence-electron chi connectivity index (χ4n) is 2.74. The summed E-state index contributed by atoms with van der Waals surface area (Å²) < 4.78 is 65.9. The van der Waals surface area contributed by atoms with E-state index in [0.29, 0.717) is 4.70 Å². The second-order valence-corrected chi connectivity index (χ2v) is 11.7. The number of aliphatic hydroxyl groups excluding tert-OH is 1. The molecule has 1 saturated heterocycles. The first-order valence-electron chi connectivity index (χ1n) is 8.08. The van der Waals surface area contributed by atoms with Gasteiger partial charge in [-0.15, -0.1) is 11.3 Å². The highest BCUT2D eigenvalue weighted by molar-refractivity contribution is 7.66. The molecule has 0 aliphatic carbocycles. The minimum Gasteiger partial charge on any atom is -0.385 e. The highest BCUT2D eigenvalue weighted by Gasteiger charge is 2.55. The van der Waals surface area contributed by atoms with Gasteiger partial charge in [0.2, 0.25) is 0 Å². The zero-order valence-corrected chi connectivity index (χ0v) is 18.9. The van der Waals surface area contributed by atoms with E-state index in [1.54, 1.807) is 0 Å². The van der Waals surface area contributed by atoms with Crippen LogP contribution in [0.1, 0.15) is 11.7 Å². The Hall–Kier alpha value is -0.940. The maximum atomic E-state index is 14.8. The number of halogens is 1. The van der Waals surface area contributed by atoms with Gasteiger partial charge in [0.1, 0.15) is 31.0 Å². The molecule has 16 nitrogen and oxygen atoms in total. The molecule has 3 heterocycles. The Balaban J connectivity index is 1.76. The van der Waals surface area contributed by atoms with Crippen LogP contribution in [-0.2, 0) is 31.6 Å². The number of ether oxygens (including phenoxy) is 1. The second-order valence-electron chi connectivity index (χ2n) is 6.37. The molecule has 6 atom stereocenters. The minimum absolute atomic E-state index is 0.117. The van der Waals surface area contributed by atoms with Crippen LogP contribution < -0.4 is 11.5 Å². The van der Waals surface area contributed by atoms with Gasteiger partial charge in [-0.05, 0) is 5.38 Å². The van der Waals surface area contributed by atoms with Crippen molar-refractivity contribution >= 4 is 50.8 Å². The Bertz CT molecular complexity index is 1160. The van der Waals surface area contributed by atoms with Crippen LogP contribution in [0.4, 0.5) is 10.2 Å². The van der Waals surface area contributed by atoms with Gasteiger partial charge < -0.3 is 35.2 Å². The van der Waals surface area contributed by atoms with E-state index in [-0.39, 0.29) is 16.9 Å². The van der Waals surface area contributed by atoms with Crippen molar-refractivity contribution in [3.05, 3.63) is 17.3 Å². The number of nitrogens with zero attached hydrogens (tertiary/aromatic N) is 2. The van der Waals surface area contributed by atoms with Crippen molar-refractivity contribution in [2.75, 3.05) is 12.3 Å². The number of phosphoric ester groups is 1. The molecular formula is C11H16FN4O12P3S. The van der Waals surface area contributed by atoms with Gasteiger partial charge in [-0.1, -0.05) is 0 Å². The predicted molar refractivity (Wildman–Crippen MR) is 103 cm³/mol. The van der Waals surface area contributed by atoms with Gasteiger partial charge in [0.05, 0.1) is 10.2 Å². The lowest BCUT2D eigenvalue weighted by atomic mass is 10.0. The number of alkyl halides is 1. The monoisotopic (exact) mass is 540 g/mol. The number of nitrogens with two attached hydrogens (primary N) is 2. The molecule has 1 aliphatic rings. The summed E-state index contributed by atoms with van der Waals surface area (Å²) in [6.07, 6.45) is -4.67. The van der Waals surface area contributed by atoms with Crippen LogP contribution in [0.5, 0.6) is 0 Å². The number of anilines is 1. The summed E-state index contributed by atoms with van der Waals surface area (Å²) in [5.74, 6) is 0.117. The number of hydrogen-bond acceptors (Lipinski definition) is 13. The molecule has 21 heteroatoms. The lowest BCUT2D eigenvalue weighted by Crippen LogP contribution is -2.54. The number of aliphatic hydroxyl groups is 1. The maximum absolute atomic E-state index is 14.8. The van der Waals surface area contributed by atoms with Crippen molar-refractivity contribution in [2.45, 2.75) is 24.1 Å². The molecule has 180 valence electrons. The summed E-state index contributed by atoms with van der Waals surface area (Å²) in [4.78, 5) is 43.4. The third-order valence-electron chi connectivity index (χ3n) is 4.02. The van der Waals surface area contributed by atoms with Gasteiger partial charge in [-0.3, -0.25) is 10.3 Å². The quantitative estimate of drug-likeness (QED) is 0.218. The number of hydrogen-bond donors (Lipinski definition) is 7. The van der Waals surface area contributed by atoms with Gasteiger partial charge in [0, 0.05) is 5.56 Å². The fraction of sp³-hybridized carbons (Fsp3) is 0.455. The summed E-state index contributed by atoms with van der Waals surface area (Å²) >= 11 is 1.07. The first-order chi connectivity index (χ1) is 14.5. The van der Waals surface area contributed by atoms with Gasteiger partial charge in [0.25, 0.3) is 0 Å². The normalized spacial score (nSPS) is 30.3. The van der Waals surface area contributed by atoms with Crippen molar-refractivity contribution in [2.24, 2.45) is 5.73 Å². The van der Waals surface area contributed by atoms with E-state index in [4.69, 9.17) is 30.9 Å². The number of thiophene rings is 1. The van der Waals surface area contributed by atoms with Crippen molar-refractivity contribution < 1.29 is 60.6 Å². The van der Waals surface area contributed by atoms with Crippen LogP contribution in [0.3, 0.4) is 0 Å². The van der Waals surface area contributed by atoms with Crippen LogP contribution in [0.25, 0.3) is 10.2 Å². The van der Waals surface area contributed by atoms with Crippen LogP contribution in [0.2, 0.25) is 0 Å². The smallest absolute Gasteiger partial charge is 0.385 e. The van der Waals surface area contributed by atoms with E-state index < -0.39 is 54.2 Å². The molecule has 1 fully saturated rings. The minimum atomic E-state index is -5.77. The Labute approximate surface area is 181 Å². The van der Waals surface area contributed by atoms with Crippen LogP contribution in [0.15, 0.2) is 11.7 Å². The molecule has 0 saturated carbocycles. The summed E-state index contributed by atoms with van der Waals surface area (Å²) in [5, 5.41) is 11.6. The number of aromatic nitrogens is 2. The first kappa shape index (κ1) is 25.7. The summed E-state index contributed by atoms with van der Waals surface area (Å²) in [6.45, 7) is -1.26. The van der Waals surface area contributed by atoms with Gasteiger partial charge in [-0.2, -0.15) is 8.62 Å². The Morgan fingerprint density at radius 1 is 1.19 bits per heavy atom. The van der Waals surface area contributed by atoms with Crippen molar-refractivity contribution in [1.82, 2.24) is 9.97 Å². The van der Waals surface area contributed by atoms with Crippen LogP contribution in [0, 0.1) is 0 Å². The zero-order chi connectivity index (χ0) is 24.1. The van der Waals surface area contributed by atoms with Gasteiger partial charge in [-0.25, -0.2) is 28.1 Å². The molecular weight excluding hydrogens is 524 g/mol. The van der Waals surface area contributed by atoms with Crippen molar-refractivity contribution in [3.8, 4) is 0 Å². The molecule has 3 rings (SSSR count). The van der Waals surface area contributed by atoms with E-state index in [2.05, 4.69) is 23.1 Å². The largest absolute Gasteiger partial charge is 0.490 e. The standard InChI is InChI=1S/C11H16FN4O12P3S/c12-5-7(4-1-32-8-6(4)15-3-16-10(8)13)26-11(14,9(5)17)2-25-30(21,22)28-31(23,24)27-29(18,19)20/h1,3,5,7,9,17H,2,14H2,(H,21,22)(H,23,24)(H2,13,15,16)(H2,18,19,20)/t5-,7-,9-,11+/m0/s1. The molecule has 2 unspecified atom stereocenters. The van der Waals surface area contributed by atoms with Crippen molar-refractivity contribution in [1.29, 1.82) is 0 Å². The third-order valence-corrected chi connectivity index (χ3v) is 8.81. The van der Waals surface area contributed by atoms with E-state index in [1.165, 1.54) is 5.38 Å². The molecule has 0 amide bonds. The van der Waals surface area contributed by atoms with E-state index in [9.17, 15) is 28.1 Å². The average molecular weight is 540 g/mol. The Morgan fingerprint density at radius 3 is 2.47 bits per heavy atom. The number of phosphoric acid groups is 3. The molecule has 0 radical (unpaired) electrons. The highest BCUT2D eigenvalue weighted by Crippen LogP contribution is 2.66. The molecule has 2 aromatic heterocycles. The van der Waals surface area contributed by atoms with Crippen molar-refractivity contribution in [3.63, 3.8) is 0 Å². The number of nitrogen functional groups attached to an aromatic ring is 1. The summed E-state index contributed by atoms with van der Waals surface area (Å²) in [7, 11) is -16.9. The summed E-state index contributed by atoms with van der Waals surface area (Å²) in [6, 6.07) is 0. The predicted octanol–water partition coefficient (Wildman–Crippen LogP) is 0.0421. The van der Waals surface area contributed by atoms with Crippen LogP contribution in [-0.4, -0.2) is 59.3 Å².